The monoisotopic (exact) mass is 326 g/mol. The summed E-state index contributed by atoms with van der Waals surface area (Å²) >= 11 is 0. The number of rotatable bonds is 3. The van der Waals surface area contributed by atoms with Crippen molar-refractivity contribution < 1.29 is 14.6 Å². The third kappa shape index (κ3) is 2.58. The fourth-order valence-corrected chi connectivity index (χ4v) is 3.13. The molecule has 2 heterocycles. The number of ether oxygens (including phenoxy) is 2. The Morgan fingerprint density at radius 2 is 2.21 bits per heavy atom. The lowest BCUT2D eigenvalue weighted by Gasteiger charge is -2.44. The van der Waals surface area contributed by atoms with Gasteiger partial charge in [-0.2, -0.15) is 5.26 Å². The lowest BCUT2D eigenvalue weighted by Crippen LogP contribution is -2.56. The second-order valence-corrected chi connectivity index (χ2v) is 6.05. The molecule has 1 aliphatic rings. The smallest absolute Gasteiger partial charge is 0.251 e. The van der Waals surface area contributed by atoms with Crippen LogP contribution >= 0.6 is 0 Å². The molecule has 124 valence electrons. The third-order valence-corrected chi connectivity index (χ3v) is 4.31. The Morgan fingerprint density at radius 1 is 1.42 bits per heavy atom. The summed E-state index contributed by atoms with van der Waals surface area (Å²) in [5.74, 6) is 0.527. The molecule has 1 aliphatic heterocycles. The molecule has 3 atom stereocenters. The van der Waals surface area contributed by atoms with Crippen LogP contribution in [0.5, 0.6) is 5.75 Å². The number of hydrogen-bond acceptors (Lipinski definition) is 5. The van der Waals surface area contributed by atoms with Crippen LogP contribution in [-0.2, 0) is 4.74 Å². The lowest BCUT2D eigenvalue weighted by atomic mass is 9.85. The number of methoxy groups -OCH3 is 1. The molecule has 3 rings (SSSR count). The van der Waals surface area contributed by atoms with E-state index in [0.717, 1.165) is 0 Å². The van der Waals surface area contributed by atoms with E-state index >= 15 is 0 Å². The van der Waals surface area contributed by atoms with E-state index in [0.29, 0.717) is 16.9 Å². The number of aliphatic hydroxyl groups excluding tert-OH is 1. The maximum atomic E-state index is 12.3. The van der Waals surface area contributed by atoms with Crippen LogP contribution in [0.15, 0.2) is 47.4 Å². The number of fused-ring (bicyclic) bond motifs is 1. The second kappa shape index (κ2) is 6.11. The third-order valence-electron chi connectivity index (χ3n) is 4.31. The molecule has 0 radical (unpaired) electrons. The predicted molar refractivity (Wildman–Crippen MR) is 86.9 cm³/mol. The molecular weight excluding hydrogens is 308 g/mol. The summed E-state index contributed by atoms with van der Waals surface area (Å²) in [5, 5.41) is 20.1. The Balaban J connectivity index is 2.23. The maximum absolute atomic E-state index is 12.3. The largest absolute Gasteiger partial charge is 0.482 e. The van der Waals surface area contributed by atoms with Crippen LogP contribution in [0.1, 0.15) is 24.1 Å². The van der Waals surface area contributed by atoms with Gasteiger partial charge in [-0.05, 0) is 31.2 Å². The fourth-order valence-electron chi connectivity index (χ4n) is 3.13. The van der Waals surface area contributed by atoms with Crippen molar-refractivity contribution in [3.05, 3.63) is 64.1 Å². The highest BCUT2D eigenvalue weighted by Crippen LogP contribution is 2.42. The van der Waals surface area contributed by atoms with Gasteiger partial charge in [-0.3, -0.25) is 4.79 Å². The average molecular weight is 326 g/mol. The van der Waals surface area contributed by atoms with Crippen molar-refractivity contribution in [3.63, 3.8) is 0 Å². The van der Waals surface area contributed by atoms with E-state index in [1.165, 1.54) is 17.7 Å². The van der Waals surface area contributed by atoms with E-state index in [1.54, 1.807) is 43.5 Å². The average Bonchev–Trinajstić information content (AvgIpc) is 2.57. The summed E-state index contributed by atoms with van der Waals surface area (Å²) in [6.07, 6.45) is 0.594. The molecular formula is C18H18N2O4. The first-order valence-corrected chi connectivity index (χ1v) is 7.57. The van der Waals surface area contributed by atoms with Crippen LogP contribution in [0.3, 0.4) is 0 Å². The predicted octanol–water partition coefficient (Wildman–Crippen LogP) is 1.47. The lowest BCUT2D eigenvalue weighted by molar-refractivity contribution is -0.109. The fraction of sp³-hybridized carbons (Fsp3) is 0.333. The van der Waals surface area contributed by atoms with Gasteiger partial charge in [-0.1, -0.05) is 6.07 Å². The van der Waals surface area contributed by atoms with Crippen LogP contribution < -0.4 is 10.3 Å². The molecule has 6 heteroatoms. The minimum absolute atomic E-state index is 0.158. The molecule has 3 unspecified atom stereocenters. The Bertz CT molecular complexity index is 855. The van der Waals surface area contributed by atoms with E-state index in [2.05, 4.69) is 6.07 Å². The summed E-state index contributed by atoms with van der Waals surface area (Å²) in [6, 6.07) is 11.2. The molecule has 0 saturated carbocycles. The number of aromatic nitrogens is 1. The van der Waals surface area contributed by atoms with Crippen molar-refractivity contribution >= 4 is 0 Å². The highest BCUT2D eigenvalue weighted by molar-refractivity contribution is 5.47. The molecule has 2 aromatic rings. The number of nitrogens with zero attached hydrogens (tertiary/aromatic N) is 2. The van der Waals surface area contributed by atoms with Gasteiger partial charge in [0.25, 0.3) is 5.56 Å². The van der Waals surface area contributed by atoms with E-state index in [-0.39, 0.29) is 12.2 Å². The first-order valence-electron chi connectivity index (χ1n) is 7.57. The minimum Gasteiger partial charge on any atom is -0.482 e. The molecule has 24 heavy (non-hydrogen) atoms. The highest BCUT2D eigenvalue weighted by atomic mass is 16.6. The summed E-state index contributed by atoms with van der Waals surface area (Å²) in [7, 11) is 1.53. The van der Waals surface area contributed by atoms with Crippen LogP contribution in [0.25, 0.3) is 0 Å². The summed E-state index contributed by atoms with van der Waals surface area (Å²) in [5.41, 5.74) is -0.218. The zero-order chi connectivity index (χ0) is 17.3. The molecule has 1 aromatic heterocycles. The number of aliphatic hydroxyl groups is 1. The van der Waals surface area contributed by atoms with Gasteiger partial charge in [0.2, 0.25) is 0 Å². The standard InChI is InChI=1S/C18H18N2O4/c1-18(11-23-2)17(22)16(20-8-4-3-5-15(20)21)13-9-12(10-19)6-7-14(13)24-18/h3-9,16-17,22H,11H2,1-2H3. The Morgan fingerprint density at radius 3 is 2.88 bits per heavy atom. The Kier molecular flexibility index (Phi) is 4.14. The Labute approximate surface area is 139 Å². The maximum Gasteiger partial charge on any atom is 0.251 e. The number of hydrogen-bond donors (Lipinski definition) is 1. The second-order valence-electron chi connectivity index (χ2n) is 6.05. The first-order chi connectivity index (χ1) is 11.5. The van der Waals surface area contributed by atoms with Gasteiger partial charge in [0.05, 0.1) is 24.3 Å². The molecule has 0 amide bonds. The highest BCUT2D eigenvalue weighted by Gasteiger charge is 2.47. The molecule has 0 aliphatic carbocycles. The van der Waals surface area contributed by atoms with Gasteiger partial charge < -0.3 is 19.1 Å². The zero-order valence-electron chi connectivity index (χ0n) is 13.5. The van der Waals surface area contributed by atoms with Crippen molar-refractivity contribution in [2.45, 2.75) is 24.7 Å². The zero-order valence-corrected chi connectivity index (χ0v) is 13.5. The molecule has 0 bridgehead atoms. The van der Waals surface area contributed by atoms with Gasteiger partial charge in [0, 0.05) is 24.9 Å². The van der Waals surface area contributed by atoms with Gasteiger partial charge >= 0.3 is 0 Å². The topological polar surface area (TPSA) is 84.5 Å². The van der Waals surface area contributed by atoms with Crippen LogP contribution in [-0.4, -0.2) is 35.1 Å². The van der Waals surface area contributed by atoms with E-state index in [1.807, 2.05) is 0 Å². The molecule has 1 aromatic carbocycles. The summed E-state index contributed by atoms with van der Waals surface area (Å²) in [4.78, 5) is 12.3. The Hall–Kier alpha value is -2.62. The van der Waals surface area contributed by atoms with E-state index < -0.39 is 17.7 Å². The number of pyridine rings is 1. The summed E-state index contributed by atoms with van der Waals surface area (Å²) in [6.45, 7) is 1.90. The SMILES string of the molecule is COCC1(C)Oc2ccc(C#N)cc2C(n2ccccc2=O)C1O. The van der Waals surface area contributed by atoms with Crippen molar-refractivity contribution in [2.75, 3.05) is 13.7 Å². The van der Waals surface area contributed by atoms with E-state index in [4.69, 9.17) is 14.7 Å². The first kappa shape index (κ1) is 16.2. The van der Waals surface area contributed by atoms with Crippen molar-refractivity contribution in [3.8, 4) is 11.8 Å². The van der Waals surface area contributed by atoms with Crippen LogP contribution in [0.4, 0.5) is 0 Å². The van der Waals surface area contributed by atoms with Crippen molar-refractivity contribution in [1.82, 2.24) is 4.57 Å². The van der Waals surface area contributed by atoms with Crippen molar-refractivity contribution in [1.29, 1.82) is 5.26 Å². The molecule has 6 nitrogen and oxygen atoms in total. The number of nitriles is 1. The number of benzene rings is 1. The van der Waals surface area contributed by atoms with Gasteiger partial charge in [-0.25, -0.2) is 0 Å². The minimum atomic E-state index is -1.03. The van der Waals surface area contributed by atoms with Gasteiger partial charge in [-0.15, -0.1) is 0 Å². The van der Waals surface area contributed by atoms with Crippen LogP contribution in [0.2, 0.25) is 0 Å². The molecule has 0 spiro atoms. The summed E-state index contributed by atoms with van der Waals surface area (Å²) < 4.78 is 12.6. The van der Waals surface area contributed by atoms with Crippen molar-refractivity contribution in [2.24, 2.45) is 0 Å². The molecule has 1 N–H and O–H groups in total. The molecule has 0 saturated heterocycles. The normalized spacial score (nSPS) is 25.4. The quantitative estimate of drug-likeness (QED) is 0.923. The van der Waals surface area contributed by atoms with Gasteiger partial charge in [0.15, 0.2) is 5.60 Å². The molecule has 0 fully saturated rings. The van der Waals surface area contributed by atoms with Crippen LogP contribution in [0, 0.1) is 11.3 Å². The van der Waals surface area contributed by atoms with E-state index in [9.17, 15) is 9.90 Å². The van der Waals surface area contributed by atoms with Gasteiger partial charge in [0.1, 0.15) is 11.9 Å².